The number of fused-ring (bicyclic) bond motifs is 3. The largest absolute Gasteiger partial charge is 0.308 e. The van der Waals surface area contributed by atoms with Gasteiger partial charge in [0.15, 0.2) is 31.9 Å². The Kier molecular flexibility index (Phi) is 2.82. The third-order valence-corrected chi connectivity index (χ3v) is 7.34. The van der Waals surface area contributed by atoms with Gasteiger partial charge in [0.1, 0.15) is 14.1 Å². The Balaban J connectivity index is 2.14. The zero-order valence-electron chi connectivity index (χ0n) is 12.6. The second kappa shape index (κ2) is 4.62. The van der Waals surface area contributed by atoms with Gasteiger partial charge in [0.05, 0.1) is 10.6 Å². The smallest absolute Gasteiger partial charge is 0.184 e. The minimum absolute atomic E-state index is 0.896. The van der Waals surface area contributed by atoms with Gasteiger partial charge < -0.3 is 4.57 Å². The highest BCUT2D eigenvalue weighted by Gasteiger charge is 2.43. The first-order valence-corrected chi connectivity index (χ1v) is 8.97. The normalized spacial score (nSPS) is 14.5. The molecule has 4 heteroatoms. The predicted octanol–water partition coefficient (Wildman–Crippen LogP) is 0.955. The van der Waals surface area contributed by atoms with Gasteiger partial charge >= 0.3 is 0 Å². The molecule has 0 amide bonds. The lowest BCUT2D eigenvalue weighted by atomic mass is 10.1. The zero-order valence-corrected chi connectivity index (χ0v) is 13.5. The van der Waals surface area contributed by atoms with E-state index in [0.717, 1.165) is 27.0 Å². The first kappa shape index (κ1) is 13.4. The second-order valence-electron chi connectivity index (χ2n) is 5.76. The molecule has 4 rings (SSSR count). The number of benzene rings is 1. The summed E-state index contributed by atoms with van der Waals surface area (Å²) >= 11 is 0. The van der Waals surface area contributed by atoms with E-state index >= 15 is 0 Å². The number of rotatable bonds is 1. The molecule has 3 heterocycles. The molecule has 0 radical (unpaired) electrons. The van der Waals surface area contributed by atoms with E-state index in [2.05, 4.69) is 12.1 Å². The first-order valence-electron chi connectivity index (χ1n) is 7.26. The first-order chi connectivity index (χ1) is 10.6. The second-order valence-corrected chi connectivity index (χ2v) is 8.46. The summed E-state index contributed by atoms with van der Waals surface area (Å²) in [4.78, 5) is 0. The van der Waals surface area contributed by atoms with Crippen LogP contribution in [0.3, 0.4) is 0 Å². The summed E-state index contributed by atoms with van der Waals surface area (Å²) in [5.74, 6) is 0. The number of pyridine rings is 2. The highest BCUT2D eigenvalue weighted by atomic mass is 31.2. The molecule has 1 aliphatic rings. The molecule has 0 aliphatic carbocycles. The lowest BCUT2D eigenvalue weighted by molar-refractivity contribution is -0.670. The van der Waals surface area contributed by atoms with E-state index in [-0.39, 0.29) is 0 Å². The monoisotopic (exact) mass is 308 g/mol. The SMILES string of the molecule is C[n+]1ccc2c(c1)P(=O)(c1ccccc1)c1c[n+](C)ccc1-2. The average molecular weight is 308 g/mol. The molecule has 0 saturated heterocycles. The van der Waals surface area contributed by atoms with Gasteiger partial charge in [-0.15, -0.1) is 0 Å². The highest BCUT2D eigenvalue weighted by Crippen LogP contribution is 2.51. The van der Waals surface area contributed by atoms with Crippen LogP contribution in [0.2, 0.25) is 0 Å². The van der Waals surface area contributed by atoms with Crippen molar-refractivity contribution in [3.63, 3.8) is 0 Å². The molecule has 0 bridgehead atoms. The Hall–Kier alpha value is -2.25. The van der Waals surface area contributed by atoms with Crippen LogP contribution in [-0.2, 0) is 18.7 Å². The third-order valence-electron chi connectivity index (χ3n) is 4.24. The van der Waals surface area contributed by atoms with Crippen LogP contribution in [-0.4, -0.2) is 0 Å². The van der Waals surface area contributed by atoms with E-state index in [0.29, 0.717) is 0 Å². The van der Waals surface area contributed by atoms with Crippen LogP contribution < -0.4 is 25.0 Å². The molecule has 0 unspecified atom stereocenters. The van der Waals surface area contributed by atoms with Gasteiger partial charge in [-0.1, -0.05) is 30.3 Å². The van der Waals surface area contributed by atoms with Gasteiger partial charge in [-0.3, -0.25) is 0 Å². The maximum absolute atomic E-state index is 14.1. The number of hydrogen-bond acceptors (Lipinski definition) is 1. The summed E-state index contributed by atoms with van der Waals surface area (Å²) in [6, 6.07) is 14.0. The molecule has 1 aromatic carbocycles. The fourth-order valence-corrected chi connectivity index (χ4v) is 6.33. The van der Waals surface area contributed by atoms with E-state index in [9.17, 15) is 4.57 Å². The molecular formula is C18H17N2OP+2. The third kappa shape index (κ3) is 1.72. The quantitative estimate of drug-likeness (QED) is 0.380. The van der Waals surface area contributed by atoms with Gasteiger partial charge in [0.25, 0.3) is 0 Å². The molecule has 0 atom stereocenters. The minimum atomic E-state index is -2.80. The number of aryl methyl sites for hydroxylation is 2. The highest BCUT2D eigenvalue weighted by molar-refractivity contribution is 7.86. The van der Waals surface area contributed by atoms with Crippen molar-refractivity contribution in [3.8, 4) is 11.1 Å². The summed E-state index contributed by atoms with van der Waals surface area (Å²) < 4.78 is 18.1. The molecule has 3 nitrogen and oxygen atoms in total. The lowest BCUT2D eigenvalue weighted by Crippen LogP contribution is -2.35. The minimum Gasteiger partial charge on any atom is -0.308 e. The van der Waals surface area contributed by atoms with Crippen molar-refractivity contribution in [1.29, 1.82) is 0 Å². The summed E-state index contributed by atoms with van der Waals surface area (Å²) in [6.45, 7) is 0. The lowest BCUT2D eigenvalue weighted by Gasteiger charge is -2.13. The zero-order chi connectivity index (χ0) is 15.3. The van der Waals surface area contributed by atoms with Crippen LogP contribution in [0.25, 0.3) is 11.1 Å². The van der Waals surface area contributed by atoms with Crippen molar-refractivity contribution < 1.29 is 13.7 Å². The van der Waals surface area contributed by atoms with Crippen LogP contribution in [0.5, 0.6) is 0 Å². The van der Waals surface area contributed by atoms with Crippen molar-refractivity contribution in [2.24, 2.45) is 14.1 Å². The summed E-state index contributed by atoms with van der Waals surface area (Å²) in [7, 11) is 1.14. The molecule has 108 valence electrons. The van der Waals surface area contributed by atoms with Gasteiger partial charge in [0, 0.05) is 28.6 Å². The van der Waals surface area contributed by atoms with Crippen LogP contribution in [0.4, 0.5) is 0 Å². The van der Waals surface area contributed by atoms with Gasteiger partial charge in [-0.2, -0.15) is 0 Å². The fraction of sp³-hybridized carbons (Fsp3) is 0.111. The van der Waals surface area contributed by atoms with Crippen molar-refractivity contribution in [2.45, 2.75) is 0 Å². The topological polar surface area (TPSA) is 24.8 Å². The van der Waals surface area contributed by atoms with Gasteiger partial charge in [0.2, 0.25) is 0 Å². The maximum Gasteiger partial charge on any atom is 0.184 e. The van der Waals surface area contributed by atoms with Crippen LogP contribution in [0, 0.1) is 0 Å². The Morgan fingerprint density at radius 1 is 0.773 bits per heavy atom. The van der Waals surface area contributed by atoms with Crippen molar-refractivity contribution >= 4 is 23.1 Å². The molecule has 0 fully saturated rings. The Labute approximate surface area is 129 Å². The van der Waals surface area contributed by atoms with Crippen LogP contribution >= 0.6 is 7.14 Å². The van der Waals surface area contributed by atoms with E-state index in [1.807, 2.05) is 78.3 Å². The average Bonchev–Trinajstić information content (AvgIpc) is 2.78. The van der Waals surface area contributed by atoms with E-state index in [1.165, 1.54) is 0 Å². The summed E-state index contributed by atoms with van der Waals surface area (Å²) in [5.41, 5.74) is 2.17. The molecule has 0 N–H and O–H groups in total. The standard InChI is InChI=1S/C18H17N2OP/c1-19-10-8-15-16-9-11-20(2)13-18(16)22(21,17(15)12-19)14-6-4-3-5-7-14/h3-13H,1-2H3/q+2. The summed E-state index contributed by atoms with van der Waals surface area (Å²) in [6.07, 6.45) is 8.03. The maximum atomic E-state index is 14.1. The predicted molar refractivity (Wildman–Crippen MR) is 87.2 cm³/mol. The van der Waals surface area contributed by atoms with Crippen molar-refractivity contribution in [1.82, 2.24) is 0 Å². The van der Waals surface area contributed by atoms with Crippen LogP contribution in [0.1, 0.15) is 0 Å². The molecule has 0 spiro atoms. The van der Waals surface area contributed by atoms with Crippen molar-refractivity contribution in [3.05, 3.63) is 67.3 Å². The Morgan fingerprint density at radius 3 is 1.77 bits per heavy atom. The Morgan fingerprint density at radius 2 is 1.27 bits per heavy atom. The molecule has 3 aromatic rings. The fourth-order valence-electron chi connectivity index (χ4n) is 3.17. The summed E-state index contributed by atoms with van der Waals surface area (Å²) in [5, 5.41) is 2.77. The van der Waals surface area contributed by atoms with Gasteiger partial charge in [-0.25, -0.2) is 9.13 Å². The number of nitrogens with zero attached hydrogens (tertiary/aromatic N) is 2. The molecule has 22 heavy (non-hydrogen) atoms. The Bertz CT molecular complexity index is 880. The molecule has 0 saturated carbocycles. The van der Waals surface area contributed by atoms with E-state index < -0.39 is 7.14 Å². The number of hydrogen-bond donors (Lipinski definition) is 0. The van der Waals surface area contributed by atoms with Gasteiger partial charge in [-0.05, 0) is 0 Å². The molecule has 2 aromatic heterocycles. The van der Waals surface area contributed by atoms with E-state index in [1.54, 1.807) is 0 Å². The number of aromatic nitrogens is 2. The van der Waals surface area contributed by atoms with Crippen LogP contribution in [0.15, 0.2) is 67.3 Å². The molecule has 1 aliphatic heterocycles. The van der Waals surface area contributed by atoms with E-state index in [4.69, 9.17) is 0 Å². The molecular weight excluding hydrogens is 291 g/mol. The van der Waals surface area contributed by atoms with Crippen molar-refractivity contribution in [2.75, 3.05) is 0 Å².